The summed E-state index contributed by atoms with van der Waals surface area (Å²) in [4.78, 5) is 16.7. The summed E-state index contributed by atoms with van der Waals surface area (Å²) in [6.45, 7) is 4.35. The Morgan fingerprint density at radius 1 is 1.15 bits per heavy atom. The van der Waals surface area contributed by atoms with E-state index >= 15 is 0 Å². The molecule has 0 aromatic heterocycles. The Bertz CT molecular complexity index is 1190. The first-order valence-electron chi connectivity index (χ1n) is 10.6. The second kappa shape index (κ2) is 9.99. The van der Waals surface area contributed by atoms with Crippen LogP contribution in [0.4, 0.5) is 4.39 Å². The van der Waals surface area contributed by atoms with Gasteiger partial charge in [0.2, 0.25) is 5.17 Å². The molecule has 0 saturated carbocycles. The van der Waals surface area contributed by atoms with E-state index in [4.69, 9.17) is 14.9 Å². The number of ether oxygens (including phenoxy) is 2. The van der Waals surface area contributed by atoms with E-state index in [1.54, 1.807) is 42.5 Å². The Kier molecular flexibility index (Phi) is 6.88. The standard InChI is InChI=1S/C24H23FN4O3S/c1-3-7-21-28-29-22(26)17(23(30)27-24(29)33-21)12-15-10-11-19(20(13-15)31-4-2)32-14-16-8-5-6-9-18(16)25/h5-6,8-13,26H,3-4,7,14H2,1-2H3/b17-12+,26-22?. The molecule has 4 rings (SSSR count). The third-order valence-corrected chi connectivity index (χ3v) is 5.85. The van der Waals surface area contributed by atoms with Gasteiger partial charge in [-0.15, -0.1) is 0 Å². The lowest BCUT2D eigenvalue weighted by molar-refractivity contribution is -0.114. The van der Waals surface area contributed by atoms with Crippen molar-refractivity contribution in [3.63, 3.8) is 0 Å². The molecule has 0 unspecified atom stereocenters. The molecule has 0 spiro atoms. The van der Waals surface area contributed by atoms with Gasteiger partial charge < -0.3 is 9.47 Å². The number of carbonyl (C=O) groups excluding carboxylic acids is 1. The lowest BCUT2D eigenvalue weighted by Crippen LogP contribution is -2.35. The predicted molar refractivity (Wildman–Crippen MR) is 128 cm³/mol. The number of halogens is 1. The van der Waals surface area contributed by atoms with Gasteiger partial charge in [-0.2, -0.15) is 15.1 Å². The van der Waals surface area contributed by atoms with Crippen molar-refractivity contribution in [3.05, 3.63) is 65.0 Å². The van der Waals surface area contributed by atoms with E-state index in [-0.39, 0.29) is 23.8 Å². The fourth-order valence-corrected chi connectivity index (χ4v) is 4.27. The van der Waals surface area contributed by atoms with Crippen molar-refractivity contribution < 1.29 is 18.7 Å². The smallest absolute Gasteiger partial charge is 0.283 e. The number of thioether (sulfide) groups is 1. The van der Waals surface area contributed by atoms with Crippen LogP contribution in [0.1, 0.15) is 37.8 Å². The summed E-state index contributed by atoms with van der Waals surface area (Å²) < 4.78 is 25.4. The minimum atomic E-state index is -0.482. The van der Waals surface area contributed by atoms with Crippen molar-refractivity contribution in [3.8, 4) is 11.5 Å². The molecule has 170 valence electrons. The van der Waals surface area contributed by atoms with Crippen molar-refractivity contribution >= 4 is 39.8 Å². The van der Waals surface area contributed by atoms with Crippen LogP contribution in [0, 0.1) is 11.2 Å². The van der Waals surface area contributed by atoms with E-state index in [1.165, 1.54) is 22.8 Å². The van der Waals surface area contributed by atoms with Gasteiger partial charge in [-0.25, -0.2) is 4.39 Å². The average Bonchev–Trinajstić information content (AvgIpc) is 3.20. The summed E-state index contributed by atoms with van der Waals surface area (Å²) in [5, 5.41) is 15.5. The number of hydrazone groups is 1. The number of aliphatic imine (C=N–C) groups is 1. The molecular formula is C24H23FN4O3S. The summed E-state index contributed by atoms with van der Waals surface area (Å²) in [6, 6.07) is 11.6. The van der Waals surface area contributed by atoms with Crippen molar-refractivity contribution in [2.45, 2.75) is 33.3 Å². The van der Waals surface area contributed by atoms with Gasteiger partial charge in [0.05, 0.1) is 12.2 Å². The molecule has 2 aliphatic heterocycles. The fraction of sp³-hybridized carbons (Fsp3) is 0.250. The molecular weight excluding hydrogens is 443 g/mol. The molecule has 1 N–H and O–H groups in total. The van der Waals surface area contributed by atoms with Gasteiger partial charge in [0.1, 0.15) is 17.5 Å². The van der Waals surface area contributed by atoms with E-state index in [0.717, 1.165) is 17.9 Å². The monoisotopic (exact) mass is 466 g/mol. The van der Waals surface area contributed by atoms with Crippen molar-refractivity contribution in [1.29, 1.82) is 5.41 Å². The number of hydrogen-bond donors (Lipinski definition) is 1. The van der Waals surface area contributed by atoms with Crippen LogP contribution in [-0.4, -0.2) is 33.6 Å². The highest BCUT2D eigenvalue weighted by Gasteiger charge is 2.35. The molecule has 2 aromatic rings. The fourth-order valence-electron chi connectivity index (χ4n) is 3.29. The normalized spacial score (nSPS) is 16.6. The first-order chi connectivity index (χ1) is 16.0. The Morgan fingerprint density at radius 3 is 2.73 bits per heavy atom. The van der Waals surface area contributed by atoms with Crippen LogP contribution in [0.5, 0.6) is 11.5 Å². The lowest BCUT2D eigenvalue weighted by Gasteiger charge is -2.20. The second-order valence-corrected chi connectivity index (χ2v) is 8.32. The molecule has 0 radical (unpaired) electrons. The van der Waals surface area contributed by atoms with Crippen LogP contribution in [0.3, 0.4) is 0 Å². The molecule has 0 aliphatic carbocycles. The van der Waals surface area contributed by atoms with Crippen LogP contribution in [0.25, 0.3) is 6.08 Å². The number of nitrogens with zero attached hydrogens (tertiary/aromatic N) is 3. The van der Waals surface area contributed by atoms with Gasteiger partial charge >= 0.3 is 0 Å². The minimum absolute atomic E-state index is 0.0126. The first kappa shape index (κ1) is 22.7. The zero-order valence-electron chi connectivity index (χ0n) is 18.3. The predicted octanol–water partition coefficient (Wildman–Crippen LogP) is 5.22. The van der Waals surface area contributed by atoms with Crippen molar-refractivity contribution in [1.82, 2.24) is 5.01 Å². The minimum Gasteiger partial charge on any atom is -0.490 e. The zero-order valence-corrected chi connectivity index (χ0v) is 19.1. The summed E-state index contributed by atoms with van der Waals surface area (Å²) in [6.07, 6.45) is 3.28. The maximum atomic E-state index is 13.9. The molecule has 1 amide bonds. The van der Waals surface area contributed by atoms with Crippen LogP contribution in [-0.2, 0) is 11.4 Å². The number of benzene rings is 2. The second-order valence-electron chi connectivity index (χ2n) is 7.28. The molecule has 7 nitrogen and oxygen atoms in total. The maximum Gasteiger partial charge on any atom is 0.283 e. The average molecular weight is 467 g/mol. The van der Waals surface area contributed by atoms with E-state index in [9.17, 15) is 9.18 Å². The third-order valence-electron chi connectivity index (χ3n) is 4.88. The third kappa shape index (κ3) is 4.98. The van der Waals surface area contributed by atoms with Crippen LogP contribution >= 0.6 is 11.8 Å². The Hall–Kier alpha value is -3.46. The largest absolute Gasteiger partial charge is 0.490 e. The molecule has 0 fully saturated rings. The molecule has 2 aliphatic rings. The van der Waals surface area contributed by atoms with Crippen molar-refractivity contribution in [2.75, 3.05) is 6.61 Å². The van der Waals surface area contributed by atoms with Crippen molar-refractivity contribution in [2.24, 2.45) is 10.1 Å². The Labute approximate surface area is 195 Å². The quantitative estimate of drug-likeness (QED) is 0.539. The summed E-state index contributed by atoms with van der Waals surface area (Å²) >= 11 is 1.32. The molecule has 0 saturated heterocycles. The number of carbonyl (C=O) groups is 1. The number of fused-ring (bicyclic) bond motifs is 1. The van der Waals surface area contributed by atoms with Crippen LogP contribution in [0.2, 0.25) is 0 Å². The molecule has 2 heterocycles. The van der Waals surface area contributed by atoms with E-state index < -0.39 is 5.91 Å². The number of hydrogen-bond acceptors (Lipinski definition) is 6. The summed E-state index contributed by atoms with van der Waals surface area (Å²) in [5.74, 6) is 0.0846. The summed E-state index contributed by atoms with van der Waals surface area (Å²) in [7, 11) is 0. The van der Waals surface area contributed by atoms with Gasteiger partial charge in [0.15, 0.2) is 17.3 Å². The molecule has 9 heteroatoms. The van der Waals surface area contributed by atoms with Gasteiger partial charge in [-0.05, 0) is 61.4 Å². The highest BCUT2D eigenvalue weighted by atomic mass is 32.2. The maximum absolute atomic E-state index is 13.9. The number of nitrogens with one attached hydrogen (secondary N) is 1. The van der Waals surface area contributed by atoms with E-state index in [1.807, 2.05) is 13.8 Å². The van der Waals surface area contributed by atoms with Gasteiger partial charge in [-0.3, -0.25) is 10.2 Å². The number of amides is 1. The summed E-state index contributed by atoms with van der Waals surface area (Å²) in [5.41, 5.74) is 1.23. The molecule has 0 atom stereocenters. The number of rotatable bonds is 8. The van der Waals surface area contributed by atoms with Crippen LogP contribution in [0.15, 0.2) is 58.1 Å². The lowest BCUT2D eigenvalue weighted by atomic mass is 10.1. The van der Waals surface area contributed by atoms with E-state index in [2.05, 4.69) is 10.1 Å². The number of amidine groups is 2. The van der Waals surface area contributed by atoms with Gasteiger partial charge in [-0.1, -0.05) is 31.2 Å². The van der Waals surface area contributed by atoms with Gasteiger partial charge in [0, 0.05) is 5.56 Å². The topological polar surface area (TPSA) is 87.3 Å². The SMILES string of the molecule is CCCC1=NN2C(=N)/C(=C\c3ccc(OCc4ccccc4F)c(OCC)c3)C(=O)N=C2S1. The molecule has 2 aromatic carbocycles. The highest BCUT2D eigenvalue weighted by molar-refractivity contribution is 8.26. The van der Waals surface area contributed by atoms with Gasteiger partial charge in [0.25, 0.3) is 5.91 Å². The Balaban J connectivity index is 1.58. The zero-order chi connectivity index (χ0) is 23.4. The molecule has 33 heavy (non-hydrogen) atoms. The first-order valence-corrected chi connectivity index (χ1v) is 11.4. The Morgan fingerprint density at radius 2 is 1.97 bits per heavy atom. The molecule has 0 bridgehead atoms. The van der Waals surface area contributed by atoms with Crippen LogP contribution < -0.4 is 9.47 Å². The van der Waals surface area contributed by atoms with E-state index in [0.29, 0.717) is 34.4 Å². The highest BCUT2D eigenvalue weighted by Crippen LogP contribution is 2.33.